The molecule has 14 rings (SSSR count). The zero-order chi connectivity index (χ0) is 54.3. The fourth-order valence-corrected chi connectivity index (χ4v) is 13.0. The van der Waals surface area contributed by atoms with E-state index in [4.69, 9.17) is 35.5 Å². The summed E-state index contributed by atoms with van der Waals surface area (Å²) in [7, 11) is 0. The molecule has 0 amide bonds. The first kappa shape index (κ1) is 52.9. The van der Waals surface area contributed by atoms with Gasteiger partial charge in [-0.1, -0.05) is 23.7 Å². The molecule has 0 unspecified atom stereocenters. The highest BCUT2D eigenvalue weighted by Crippen LogP contribution is 2.53. The first-order valence-corrected chi connectivity index (χ1v) is 28.2. The molecule has 0 bridgehead atoms. The highest BCUT2D eigenvalue weighted by Gasteiger charge is 2.46. The van der Waals surface area contributed by atoms with Crippen LogP contribution in [0.2, 0.25) is 5.02 Å². The van der Waals surface area contributed by atoms with Gasteiger partial charge in [0.1, 0.15) is 11.6 Å². The molecule has 79 heavy (non-hydrogen) atoms. The maximum Gasteiger partial charge on any atom is 0.125 e. The summed E-state index contributed by atoms with van der Waals surface area (Å²) in [5, 5.41) is 5.96. The molecule has 6 aliphatic rings. The Hall–Kier alpha value is -6.81. The molecule has 10 heterocycles. The normalized spacial score (nSPS) is 18.2. The average Bonchev–Trinajstić information content (AvgIpc) is 4.04. The molecule has 15 heteroatoms. The van der Waals surface area contributed by atoms with Crippen LogP contribution in [0.25, 0.3) is 44.3 Å². The smallest absolute Gasteiger partial charge is 0.125 e. The summed E-state index contributed by atoms with van der Waals surface area (Å²) in [5.74, 6) is -0.602. The number of benzene rings is 4. The van der Waals surface area contributed by atoms with Gasteiger partial charge in [-0.15, -0.1) is 0 Å². The Kier molecular flexibility index (Phi) is 15.0. The molecule has 1 N–H and O–H groups in total. The van der Waals surface area contributed by atoms with Crippen LogP contribution in [0.3, 0.4) is 0 Å². The number of aryl methyl sites for hydroxylation is 2. The molecule has 408 valence electrons. The van der Waals surface area contributed by atoms with Gasteiger partial charge in [0.15, 0.2) is 0 Å². The second-order valence-corrected chi connectivity index (χ2v) is 22.2. The Bertz CT molecular complexity index is 3560. The zero-order valence-corrected chi connectivity index (χ0v) is 46.3. The van der Waals surface area contributed by atoms with E-state index in [0.29, 0.717) is 21.5 Å². The lowest BCUT2D eigenvalue weighted by molar-refractivity contribution is 0.0558. The molecule has 12 nitrogen and oxygen atoms in total. The summed E-state index contributed by atoms with van der Waals surface area (Å²) in [4.78, 5) is 25.7. The molecule has 0 atom stereocenters. The van der Waals surface area contributed by atoms with Crippen molar-refractivity contribution in [3.05, 3.63) is 160 Å². The molecule has 0 saturated carbocycles. The average molecular weight is 1090 g/mol. The van der Waals surface area contributed by atoms with Crippen LogP contribution in [0.4, 0.5) is 37.2 Å². The minimum atomic E-state index is -0.321. The number of morpholine rings is 2. The molecule has 4 fully saturated rings. The van der Waals surface area contributed by atoms with Crippen molar-refractivity contribution in [2.75, 3.05) is 112 Å². The van der Waals surface area contributed by atoms with E-state index in [1.54, 1.807) is 30.6 Å². The molecule has 8 aromatic rings. The standard InChI is InChI=1S/C32H33FN4O2.C16H12ClFN2.C16H22N2O2/c1-21-30(25-4-3-11-34-22(25)2)35-28-18-23(33)5-7-26(28)31(21)37-20-32(9-14-38-15-10-32)27-8-6-24(19-29(27)37)36-12-16-39-17-13-36;1-9-15(17)13-6-5-11(18)8-14(13)20-16(9)12-4-3-7-19-10(12)2;1-2-14-15(11-13(1)18-5-9-20-10-6-18)17-12-16(14)3-7-19-8-4-16/h3-8,11,18-19H,9-10,12-17,20H2,1-2H3;3-8H,1-2H3;1-2,11,17H,3-10,12H2. The van der Waals surface area contributed by atoms with Gasteiger partial charge < -0.3 is 39.0 Å². The van der Waals surface area contributed by atoms with E-state index in [0.717, 1.165) is 179 Å². The topological polar surface area (TPSA) is 110 Å². The Labute approximate surface area is 466 Å². The molecule has 4 saturated heterocycles. The van der Waals surface area contributed by atoms with Gasteiger partial charge in [-0.2, -0.15) is 0 Å². The van der Waals surface area contributed by atoms with Gasteiger partial charge in [0.25, 0.3) is 0 Å². The van der Waals surface area contributed by atoms with Gasteiger partial charge in [0, 0.05) is 157 Å². The van der Waals surface area contributed by atoms with E-state index in [1.807, 2.05) is 45.0 Å². The van der Waals surface area contributed by atoms with Crippen molar-refractivity contribution in [2.24, 2.45) is 0 Å². The van der Waals surface area contributed by atoms with Gasteiger partial charge in [-0.25, -0.2) is 18.7 Å². The fourth-order valence-electron chi connectivity index (χ4n) is 12.7. The number of ether oxygens (including phenoxy) is 4. The van der Waals surface area contributed by atoms with Gasteiger partial charge in [-0.3, -0.25) is 9.97 Å². The van der Waals surface area contributed by atoms with E-state index in [1.165, 1.54) is 46.0 Å². The monoisotopic (exact) mass is 1080 g/mol. The van der Waals surface area contributed by atoms with E-state index in [-0.39, 0.29) is 17.0 Å². The van der Waals surface area contributed by atoms with Crippen LogP contribution in [0, 0.1) is 39.3 Å². The van der Waals surface area contributed by atoms with E-state index < -0.39 is 0 Å². The second-order valence-electron chi connectivity index (χ2n) is 21.8. The van der Waals surface area contributed by atoms with Gasteiger partial charge in [0.2, 0.25) is 0 Å². The Balaban J connectivity index is 0.000000131. The molecule has 4 aromatic heterocycles. The van der Waals surface area contributed by atoms with E-state index >= 15 is 0 Å². The zero-order valence-electron chi connectivity index (χ0n) is 45.5. The largest absolute Gasteiger partial charge is 0.384 e. The molecule has 0 aliphatic carbocycles. The molecule has 4 aromatic carbocycles. The van der Waals surface area contributed by atoms with Crippen molar-refractivity contribution in [3.63, 3.8) is 0 Å². The van der Waals surface area contributed by atoms with E-state index in [2.05, 4.69) is 84.4 Å². The summed E-state index contributed by atoms with van der Waals surface area (Å²) >= 11 is 6.40. The number of aromatic nitrogens is 4. The number of hydrogen-bond acceptors (Lipinski definition) is 12. The maximum absolute atomic E-state index is 14.5. The molecule has 6 aliphatic heterocycles. The number of nitrogens with one attached hydrogen (secondary N) is 1. The quantitative estimate of drug-likeness (QED) is 0.177. The summed E-state index contributed by atoms with van der Waals surface area (Å²) in [6.45, 7) is 20.2. The third-order valence-electron chi connectivity index (χ3n) is 17.2. The summed E-state index contributed by atoms with van der Waals surface area (Å²) in [6.07, 6.45) is 7.79. The van der Waals surface area contributed by atoms with Crippen molar-refractivity contribution >= 4 is 61.8 Å². The number of hydrogen-bond donors (Lipinski definition) is 1. The minimum absolute atomic E-state index is 0.0174. The second kappa shape index (κ2) is 22.4. The van der Waals surface area contributed by atoms with E-state index in [9.17, 15) is 8.78 Å². The Morgan fingerprint density at radius 3 is 1.63 bits per heavy atom. The number of anilines is 5. The predicted octanol–water partition coefficient (Wildman–Crippen LogP) is 12.8. The Morgan fingerprint density at radius 1 is 0.544 bits per heavy atom. The lowest BCUT2D eigenvalue weighted by Crippen LogP contribution is -2.37. The lowest BCUT2D eigenvalue weighted by Gasteiger charge is -2.35. The van der Waals surface area contributed by atoms with Crippen LogP contribution >= 0.6 is 11.6 Å². The predicted molar refractivity (Wildman–Crippen MR) is 312 cm³/mol. The van der Waals surface area contributed by atoms with Gasteiger partial charge >= 0.3 is 0 Å². The van der Waals surface area contributed by atoms with Crippen molar-refractivity contribution in [1.82, 2.24) is 19.9 Å². The fraction of sp³-hybridized carbons (Fsp3) is 0.375. The highest BCUT2D eigenvalue weighted by molar-refractivity contribution is 6.36. The number of pyridine rings is 4. The maximum atomic E-state index is 14.5. The first-order chi connectivity index (χ1) is 38.5. The molecule has 2 spiro atoms. The van der Waals surface area contributed by atoms with Gasteiger partial charge in [0.05, 0.1) is 59.6 Å². The van der Waals surface area contributed by atoms with Crippen molar-refractivity contribution in [2.45, 2.75) is 64.2 Å². The number of nitrogens with zero attached hydrogens (tertiary/aromatic N) is 7. The SMILES string of the molecule is Cc1ncccc1-c1nc2cc(F)ccc2c(Cl)c1C.Cc1ncccc1-c1nc2cc(F)ccc2c(N2CC3(CCOCC3)c3ccc(N4CCOCC4)cc32)c1C.c1cc2c(cc1N1CCOCC1)NCC21CCOCC1. The van der Waals surface area contributed by atoms with Crippen LogP contribution in [-0.4, -0.2) is 112 Å². The third kappa shape index (κ3) is 10.3. The summed E-state index contributed by atoms with van der Waals surface area (Å²) < 4.78 is 50.4. The van der Waals surface area contributed by atoms with Gasteiger partial charge in [-0.05, 0) is 148 Å². The lowest BCUT2D eigenvalue weighted by atomic mass is 9.76. The van der Waals surface area contributed by atoms with Crippen LogP contribution in [0.15, 0.2) is 109 Å². The summed E-state index contributed by atoms with van der Waals surface area (Å²) in [6, 6.07) is 31.2. The highest BCUT2D eigenvalue weighted by atomic mass is 35.5. The van der Waals surface area contributed by atoms with Crippen LogP contribution in [-0.2, 0) is 29.8 Å². The molecular formula is C64H67ClF2N8O4. The third-order valence-corrected chi connectivity index (χ3v) is 17.7. The van der Waals surface area contributed by atoms with Crippen LogP contribution in [0.5, 0.6) is 0 Å². The number of rotatable bonds is 5. The van der Waals surface area contributed by atoms with Crippen molar-refractivity contribution in [1.29, 1.82) is 0 Å². The first-order valence-electron chi connectivity index (χ1n) is 27.8. The summed E-state index contributed by atoms with van der Waals surface area (Å²) in [5.41, 5.74) is 17.9. The van der Waals surface area contributed by atoms with Crippen LogP contribution < -0.4 is 20.0 Å². The Morgan fingerprint density at radius 2 is 1.05 bits per heavy atom. The van der Waals surface area contributed by atoms with Crippen molar-refractivity contribution < 1.29 is 27.7 Å². The molecule has 0 radical (unpaired) electrons. The minimum Gasteiger partial charge on any atom is -0.384 e. The molecular weight excluding hydrogens is 1020 g/mol. The number of fused-ring (bicyclic) bond motifs is 6. The van der Waals surface area contributed by atoms with Crippen LogP contribution in [0.1, 0.15) is 59.3 Å². The number of halogens is 3. The van der Waals surface area contributed by atoms with Crippen molar-refractivity contribution in [3.8, 4) is 22.5 Å².